The molecule has 3 rings (SSSR count). The number of ether oxygens (including phenoxy) is 1. The first kappa shape index (κ1) is 17.4. The van der Waals surface area contributed by atoms with Gasteiger partial charge in [0.1, 0.15) is 11.4 Å². The van der Waals surface area contributed by atoms with Crippen LogP contribution in [0, 0.1) is 12.7 Å². The highest BCUT2D eigenvalue weighted by molar-refractivity contribution is 5.80. The van der Waals surface area contributed by atoms with Gasteiger partial charge in [0.05, 0.1) is 7.11 Å². The Morgan fingerprint density at radius 2 is 2.12 bits per heavy atom. The summed E-state index contributed by atoms with van der Waals surface area (Å²) in [4.78, 5) is 14.5. The van der Waals surface area contributed by atoms with Gasteiger partial charge in [0.15, 0.2) is 0 Å². The fourth-order valence-electron chi connectivity index (χ4n) is 4.45. The van der Waals surface area contributed by atoms with Gasteiger partial charge in [0.25, 0.3) is 0 Å². The summed E-state index contributed by atoms with van der Waals surface area (Å²) >= 11 is 0. The molecule has 1 aromatic carbocycles. The zero-order valence-corrected chi connectivity index (χ0v) is 15.0. The lowest BCUT2D eigenvalue weighted by atomic mass is 9.79. The number of hydrogen-bond donors (Lipinski definition) is 1. The molecule has 1 aromatic rings. The molecule has 2 fully saturated rings. The van der Waals surface area contributed by atoms with E-state index < -0.39 is 5.54 Å². The second kappa shape index (κ2) is 6.12. The van der Waals surface area contributed by atoms with Crippen molar-refractivity contribution in [1.29, 1.82) is 0 Å². The van der Waals surface area contributed by atoms with Crippen LogP contribution in [0.5, 0.6) is 0 Å². The summed E-state index contributed by atoms with van der Waals surface area (Å²) in [5.74, 6) is -0.380. The maximum Gasteiger partial charge on any atom is 0.325 e. The highest BCUT2D eigenvalue weighted by Gasteiger charge is 2.52. The van der Waals surface area contributed by atoms with Gasteiger partial charge in [0, 0.05) is 18.1 Å². The van der Waals surface area contributed by atoms with E-state index in [1.165, 1.54) is 18.7 Å². The Bertz CT molecular complexity index is 650. The second-order valence-electron chi connectivity index (χ2n) is 7.68. The largest absolute Gasteiger partial charge is 0.468 e. The van der Waals surface area contributed by atoms with Crippen molar-refractivity contribution >= 4 is 5.97 Å². The minimum atomic E-state index is -0.604. The Hall–Kier alpha value is -1.46. The summed E-state index contributed by atoms with van der Waals surface area (Å²) in [6, 6.07) is 5.27. The maximum atomic E-state index is 13.5. The molecule has 132 valence electrons. The molecule has 0 radical (unpaired) electrons. The second-order valence-corrected chi connectivity index (χ2v) is 7.68. The first-order valence-corrected chi connectivity index (χ1v) is 8.63. The molecule has 1 N–H and O–H groups in total. The molecule has 0 aliphatic carbocycles. The summed E-state index contributed by atoms with van der Waals surface area (Å²) in [6.45, 7) is 4.85. The highest BCUT2D eigenvalue weighted by atomic mass is 19.1. The molecule has 2 aliphatic rings. The molecule has 5 heteroatoms. The summed E-state index contributed by atoms with van der Waals surface area (Å²) in [5, 5.41) is 3.61. The average molecular weight is 334 g/mol. The number of benzene rings is 1. The molecule has 0 bridgehead atoms. The van der Waals surface area contributed by atoms with Crippen LogP contribution in [-0.4, -0.2) is 42.6 Å². The van der Waals surface area contributed by atoms with E-state index in [1.807, 2.05) is 19.9 Å². The molecule has 3 atom stereocenters. The predicted octanol–water partition coefficient (Wildman–Crippen LogP) is 2.95. The Kier molecular flexibility index (Phi) is 4.43. The minimum Gasteiger partial charge on any atom is -0.468 e. The van der Waals surface area contributed by atoms with Crippen molar-refractivity contribution in [2.75, 3.05) is 20.7 Å². The van der Waals surface area contributed by atoms with E-state index in [1.54, 1.807) is 6.07 Å². The normalized spacial score (nSPS) is 33.8. The zero-order valence-electron chi connectivity index (χ0n) is 15.0. The van der Waals surface area contributed by atoms with Crippen molar-refractivity contribution in [1.82, 2.24) is 10.2 Å². The molecule has 24 heavy (non-hydrogen) atoms. The number of rotatable bonds is 2. The van der Waals surface area contributed by atoms with Crippen LogP contribution in [0.3, 0.4) is 0 Å². The van der Waals surface area contributed by atoms with Crippen molar-refractivity contribution in [2.24, 2.45) is 0 Å². The average Bonchev–Trinajstić information content (AvgIpc) is 2.88. The third-order valence-corrected chi connectivity index (χ3v) is 5.93. The number of carbonyl (C=O) groups excluding carboxylic acids is 1. The van der Waals surface area contributed by atoms with Gasteiger partial charge in [-0.15, -0.1) is 0 Å². The number of esters is 1. The van der Waals surface area contributed by atoms with Crippen LogP contribution in [0.2, 0.25) is 0 Å². The van der Waals surface area contributed by atoms with Gasteiger partial charge in [0.2, 0.25) is 0 Å². The van der Waals surface area contributed by atoms with Crippen LogP contribution >= 0.6 is 0 Å². The molecular weight excluding hydrogens is 307 g/mol. The first-order chi connectivity index (χ1) is 11.3. The quantitative estimate of drug-likeness (QED) is 0.845. The topological polar surface area (TPSA) is 41.6 Å². The lowest BCUT2D eigenvalue weighted by molar-refractivity contribution is -0.147. The van der Waals surface area contributed by atoms with Gasteiger partial charge in [-0.2, -0.15) is 0 Å². The van der Waals surface area contributed by atoms with Crippen molar-refractivity contribution in [3.8, 4) is 0 Å². The molecule has 0 aromatic heterocycles. The molecule has 2 unspecified atom stereocenters. The Morgan fingerprint density at radius 3 is 2.79 bits per heavy atom. The van der Waals surface area contributed by atoms with E-state index in [0.717, 1.165) is 37.8 Å². The minimum absolute atomic E-state index is 0.0546. The monoisotopic (exact) mass is 334 g/mol. The zero-order chi connectivity index (χ0) is 17.5. The Balaban J connectivity index is 1.85. The smallest absolute Gasteiger partial charge is 0.325 e. The Labute approximate surface area is 143 Å². The van der Waals surface area contributed by atoms with Gasteiger partial charge in [-0.1, -0.05) is 6.07 Å². The number of methoxy groups -OCH3 is 1. The van der Waals surface area contributed by atoms with Gasteiger partial charge >= 0.3 is 5.97 Å². The maximum absolute atomic E-state index is 13.5. The number of likely N-dealkylation sites (tertiary alicyclic amines) is 1. The van der Waals surface area contributed by atoms with Crippen molar-refractivity contribution in [2.45, 2.75) is 56.7 Å². The van der Waals surface area contributed by atoms with Crippen LogP contribution in [0.1, 0.15) is 49.8 Å². The van der Waals surface area contributed by atoms with E-state index in [0.29, 0.717) is 0 Å². The van der Waals surface area contributed by atoms with Crippen molar-refractivity contribution in [3.05, 3.63) is 35.1 Å². The number of nitrogens with one attached hydrogen (secondary N) is 1. The van der Waals surface area contributed by atoms with Crippen LogP contribution in [0.25, 0.3) is 0 Å². The Morgan fingerprint density at radius 1 is 1.38 bits per heavy atom. The highest BCUT2D eigenvalue weighted by Crippen LogP contribution is 2.44. The summed E-state index contributed by atoms with van der Waals surface area (Å²) < 4.78 is 18.4. The first-order valence-electron chi connectivity index (χ1n) is 8.63. The van der Waals surface area contributed by atoms with Gasteiger partial charge in [-0.05, 0) is 69.8 Å². The number of piperidine rings is 1. The summed E-state index contributed by atoms with van der Waals surface area (Å²) in [7, 11) is 3.56. The van der Waals surface area contributed by atoms with Crippen LogP contribution < -0.4 is 5.32 Å². The van der Waals surface area contributed by atoms with Gasteiger partial charge < -0.3 is 4.74 Å². The third kappa shape index (κ3) is 2.95. The third-order valence-electron chi connectivity index (χ3n) is 5.93. The summed E-state index contributed by atoms with van der Waals surface area (Å²) in [5.41, 5.74) is 1.50. The van der Waals surface area contributed by atoms with Crippen LogP contribution in [-0.2, 0) is 9.53 Å². The lowest BCUT2D eigenvalue weighted by Gasteiger charge is -2.45. The van der Waals surface area contributed by atoms with E-state index in [2.05, 4.69) is 17.3 Å². The lowest BCUT2D eigenvalue weighted by Crippen LogP contribution is -2.57. The number of aryl methyl sites for hydroxylation is 1. The molecule has 1 spiro atoms. The molecule has 4 nitrogen and oxygen atoms in total. The number of nitrogens with zero attached hydrogens (tertiary/aromatic N) is 1. The van der Waals surface area contributed by atoms with E-state index in [4.69, 9.17) is 4.74 Å². The molecule has 2 saturated heterocycles. The van der Waals surface area contributed by atoms with E-state index in [-0.39, 0.29) is 23.4 Å². The van der Waals surface area contributed by atoms with Gasteiger partial charge in [-0.25, -0.2) is 4.39 Å². The number of halogens is 1. The van der Waals surface area contributed by atoms with Crippen molar-refractivity contribution < 1.29 is 13.9 Å². The van der Waals surface area contributed by atoms with Crippen molar-refractivity contribution in [3.63, 3.8) is 0 Å². The van der Waals surface area contributed by atoms with Gasteiger partial charge in [-0.3, -0.25) is 15.0 Å². The number of carbonyl (C=O) groups is 1. The van der Waals surface area contributed by atoms with E-state index in [9.17, 15) is 9.18 Å². The predicted molar refractivity (Wildman–Crippen MR) is 91.3 cm³/mol. The molecule has 0 amide bonds. The fourth-order valence-corrected chi connectivity index (χ4v) is 4.45. The van der Waals surface area contributed by atoms with Crippen LogP contribution in [0.4, 0.5) is 4.39 Å². The molecule has 2 aliphatic heterocycles. The standard InChI is InChI=1S/C19H27FN2O2/c1-13-11-14(20)5-6-15(13)16-12-19(9-10-22(16)3)8-7-18(2,21-19)17(23)24-4/h5-6,11,16,21H,7-10,12H2,1-4H3/t16?,18-,19?/m1/s1. The van der Waals surface area contributed by atoms with Crippen LogP contribution in [0.15, 0.2) is 18.2 Å². The molecular formula is C19H27FN2O2. The fraction of sp³-hybridized carbons (Fsp3) is 0.632. The summed E-state index contributed by atoms with van der Waals surface area (Å²) in [6.07, 6.45) is 3.68. The molecule has 0 saturated carbocycles. The van der Waals surface area contributed by atoms with E-state index >= 15 is 0 Å². The molecule has 2 heterocycles. The SMILES string of the molecule is COC(=O)[C@@]1(C)CCC2(CCN(C)C(c3ccc(F)cc3C)C2)N1. The number of hydrogen-bond acceptors (Lipinski definition) is 4.